The summed E-state index contributed by atoms with van der Waals surface area (Å²) in [5.74, 6) is 6.56. The monoisotopic (exact) mass is 2070 g/mol. The molecule has 0 aromatic heterocycles. The lowest BCUT2D eigenvalue weighted by Crippen LogP contribution is -2.44. The summed E-state index contributed by atoms with van der Waals surface area (Å²) in [4.78, 5) is 15.6. The van der Waals surface area contributed by atoms with Gasteiger partial charge in [0.15, 0.2) is 49.2 Å². The summed E-state index contributed by atoms with van der Waals surface area (Å²) in [7, 11) is -3.08. The predicted octanol–water partition coefficient (Wildman–Crippen LogP) is 32.5. The summed E-state index contributed by atoms with van der Waals surface area (Å²) in [6.45, 7) is 57.5. The third kappa shape index (κ3) is 43.5. The van der Waals surface area contributed by atoms with E-state index in [1.54, 1.807) is 55.6 Å². The zero-order valence-corrected chi connectivity index (χ0v) is 94.8. The summed E-state index contributed by atoms with van der Waals surface area (Å²) < 4.78 is 85.1. The average molecular weight is 2070 g/mol. The van der Waals surface area contributed by atoms with Gasteiger partial charge in [0.1, 0.15) is 33.1 Å². The fraction of sp³-hybridized carbons (Fsp3) is 0.425. The van der Waals surface area contributed by atoms with Crippen molar-refractivity contribution < 1.29 is 91.0 Å². The van der Waals surface area contributed by atoms with Crippen molar-refractivity contribution >= 4 is 27.0 Å². The van der Waals surface area contributed by atoms with Gasteiger partial charge in [-0.1, -0.05) is 309 Å². The second kappa shape index (κ2) is 64.7. The Hall–Kier alpha value is -11.6. The maximum atomic E-state index is 12.1. The molecular weight excluding hydrogens is 1890 g/mol. The van der Waals surface area contributed by atoms with Gasteiger partial charge in [0.25, 0.3) is 0 Å². The maximum Gasteiger partial charge on any atom is 0.344 e. The first kappa shape index (κ1) is 127. The summed E-state index contributed by atoms with van der Waals surface area (Å²) >= 11 is 0. The topological polar surface area (TPSA) is 279 Å². The van der Waals surface area contributed by atoms with Crippen molar-refractivity contribution in [3.8, 4) is 57.5 Å². The largest absolute Gasteiger partial charge is 0.744 e. The van der Waals surface area contributed by atoms with Crippen molar-refractivity contribution in [3.63, 3.8) is 0 Å². The molecule has 0 aliphatic rings. The van der Waals surface area contributed by atoms with Crippen LogP contribution in [0.1, 0.15) is 328 Å². The SMILES string of the molecule is CCC(C)c1ccc(O)c(O)c1.CCC(C)c1ccc(O)cc1.CCC(C)c1ccc(OC(=O)c2ccccc2S(=O)(=O)[O-])cc1.CCC(C)c1ccc(OC(OC(C)(C)C)C(C)(C)c2ccccc2)cc1.CCC(C)c1ccc(OC(OC)C(C)C)cc1.CCC(C)c1ccc(OC(OCCO)C(C)(C)C)c(O)c1.CCOC(Oc1ccc(C(C)CC)cc1O)C(C)C.c1ccc([S+](c2ccccc2)c2ccccc2)cc1. The van der Waals surface area contributed by atoms with Crippen LogP contribution < -0.4 is 23.7 Å². The van der Waals surface area contributed by atoms with E-state index in [1.165, 1.54) is 61.2 Å². The van der Waals surface area contributed by atoms with Crippen LogP contribution in [0.2, 0.25) is 0 Å². The molecule has 12 rings (SSSR count). The summed E-state index contributed by atoms with van der Waals surface area (Å²) in [6, 6.07) is 95.0. The molecule has 806 valence electrons. The average Bonchev–Trinajstić information content (AvgIpc) is 0.800. The van der Waals surface area contributed by atoms with Crippen LogP contribution in [0.15, 0.2) is 317 Å². The van der Waals surface area contributed by atoms with Crippen LogP contribution >= 0.6 is 0 Å². The highest BCUT2D eigenvalue weighted by Crippen LogP contribution is 2.40. The third-order valence-electron chi connectivity index (χ3n) is 25.6. The number of rotatable bonds is 39. The standard InChI is InChI=1S/C24H34O2.C18H15S.C17H18O5S.C17H28O4.C16H26O3.C15H24O2.C10H14O2.C10H14O/c1-8-18(2)19-14-16-21(17-15-19)25-22(26-23(3,4)5)24(6,7)20-12-10-9-11-13-20;1-4-10-16(11-5-1)19(17-12-6-2-7-13-17)18-14-8-3-9-15-18;1-3-12(2)13-8-10-14(11-9-13)22-17(18)15-6-4-5-7-16(15)23(19,20)21;1-6-12(2)13-7-8-15(14(19)11-13)21-16(17(3,4)5)20-10-9-18;1-6-12(5)13-8-9-15(14(17)10-13)19-16(11(3)4)18-7-2;1-6-12(4)13-7-9-14(10-8-13)17-15(16-5)11(2)3;1-3-7(2)8-4-5-9(11)10(12)6-8;1-3-8(2)9-4-6-10(11)7-5-9/h9-18,22H,8H2,1-7H3;1-15H;4-12H,3H2,1-2H3,(H,19,20,21);7-8,11-12,16,18-19H,6,9-10H2,1-5H3;8-12,16-17H,6-7H2,1-5H3;7-12,15H,6H2,1-5H3;4-7,11-12H,3H2,1-2H3;4-8,11H,3H2,1-2H3/q;+1;;;;;;/p-1. The van der Waals surface area contributed by atoms with Crippen molar-refractivity contribution in [3.05, 3.63) is 347 Å². The van der Waals surface area contributed by atoms with Crippen LogP contribution in [-0.4, -0.2) is 107 Å². The molecule has 6 N–H and O–H groups in total. The molecule has 0 bridgehead atoms. The minimum absolute atomic E-state index is 0.0146. The molecule has 12 aromatic carbocycles. The van der Waals surface area contributed by atoms with E-state index in [4.69, 9.17) is 58.0 Å². The number of carbonyl (C=O) groups excluding carboxylic acids is 1. The quantitative estimate of drug-likeness (QED) is 0.00521. The Bertz CT molecular complexity index is 5700. The molecule has 0 heterocycles. The van der Waals surface area contributed by atoms with E-state index in [-0.39, 0.29) is 93.9 Å². The minimum Gasteiger partial charge on any atom is -0.744 e. The summed E-state index contributed by atoms with van der Waals surface area (Å²) in [5.41, 5.74) is 8.48. The van der Waals surface area contributed by atoms with E-state index >= 15 is 0 Å². The molecule has 0 saturated carbocycles. The molecule has 0 aliphatic carbocycles. The van der Waals surface area contributed by atoms with Crippen LogP contribution in [0.3, 0.4) is 0 Å². The Morgan fingerprint density at radius 2 is 0.696 bits per heavy atom. The van der Waals surface area contributed by atoms with Crippen LogP contribution in [0.4, 0.5) is 0 Å². The number of esters is 1. The van der Waals surface area contributed by atoms with Gasteiger partial charge in [-0.15, -0.1) is 0 Å². The Labute approximate surface area is 890 Å². The minimum atomic E-state index is -4.74. The summed E-state index contributed by atoms with van der Waals surface area (Å²) in [6.07, 6.45) is 6.10. The number of ether oxygens (including phenoxy) is 9. The maximum absolute atomic E-state index is 12.1. The first-order valence-corrected chi connectivity index (χ1v) is 55.0. The molecule has 19 nitrogen and oxygen atoms in total. The lowest BCUT2D eigenvalue weighted by atomic mass is 9.83. The second-order valence-electron chi connectivity index (χ2n) is 40.6. The Morgan fingerprint density at radius 1 is 0.358 bits per heavy atom. The molecule has 0 amide bonds. The van der Waals surface area contributed by atoms with Crippen molar-refractivity contribution in [1.29, 1.82) is 0 Å². The van der Waals surface area contributed by atoms with E-state index in [0.29, 0.717) is 76.9 Å². The number of aliphatic hydroxyl groups is 1. The lowest BCUT2D eigenvalue weighted by molar-refractivity contribution is -0.180. The lowest BCUT2D eigenvalue weighted by Gasteiger charge is -2.38. The number of methoxy groups -OCH3 is 1. The van der Waals surface area contributed by atoms with Crippen LogP contribution in [-0.2, 0) is 45.4 Å². The first-order valence-electron chi connectivity index (χ1n) is 52.4. The van der Waals surface area contributed by atoms with Crippen LogP contribution in [0.5, 0.6) is 57.5 Å². The molecule has 0 spiro atoms. The highest BCUT2D eigenvalue weighted by molar-refractivity contribution is 7.97. The zero-order chi connectivity index (χ0) is 110. The highest BCUT2D eigenvalue weighted by atomic mass is 32.2. The molecule has 11 atom stereocenters. The fourth-order valence-electron chi connectivity index (χ4n) is 14.6. The van der Waals surface area contributed by atoms with Crippen LogP contribution in [0, 0.1) is 17.3 Å². The number of aliphatic hydroxyl groups excluding tert-OH is 1. The number of hydrogen-bond acceptors (Lipinski definition) is 19. The van der Waals surface area contributed by atoms with Gasteiger partial charge >= 0.3 is 5.97 Å². The molecule has 11 unspecified atom stereocenters. The number of carbonyl (C=O) groups is 1. The van der Waals surface area contributed by atoms with Gasteiger partial charge in [-0.2, -0.15) is 0 Å². The summed E-state index contributed by atoms with van der Waals surface area (Å²) in [5, 5.41) is 56.4. The van der Waals surface area contributed by atoms with Gasteiger partial charge in [-0.25, -0.2) is 13.2 Å². The number of phenols is 5. The molecule has 0 aliphatic heterocycles. The van der Waals surface area contributed by atoms with Gasteiger partial charge in [0, 0.05) is 31.0 Å². The van der Waals surface area contributed by atoms with Gasteiger partial charge in [-0.3, -0.25) is 0 Å². The molecule has 21 heteroatoms. The van der Waals surface area contributed by atoms with E-state index in [2.05, 4.69) is 297 Å². The molecular formula is C127H172O19S2. The van der Waals surface area contributed by atoms with Gasteiger partial charge < -0.3 is 77.8 Å². The normalized spacial score (nSPS) is 13.5. The highest BCUT2D eigenvalue weighted by Gasteiger charge is 2.38. The van der Waals surface area contributed by atoms with Crippen molar-refractivity contribution in [2.75, 3.05) is 26.9 Å². The number of phenolic OH excluding ortho intramolecular Hbond substituents is 5. The Morgan fingerprint density at radius 3 is 1.04 bits per heavy atom. The molecule has 0 radical (unpaired) electrons. The Kier molecular flexibility index (Phi) is 55.4. The first-order chi connectivity index (χ1) is 70.1. The van der Waals surface area contributed by atoms with Gasteiger partial charge in [-0.05, 0) is 306 Å². The van der Waals surface area contributed by atoms with E-state index in [1.807, 2.05) is 108 Å². The number of benzene rings is 12. The van der Waals surface area contributed by atoms with E-state index in [0.717, 1.165) is 84.8 Å². The molecule has 148 heavy (non-hydrogen) atoms. The zero-order valence-electron chi connectivity index (χ0n) is 93.2. The second-order valence-corrected chi connectivity index (χ2v) is 44.0. The third-order valence-corrected chi connectivity index (χ3v) is 28.7. The number of aromatic hydroxyl groups is 5. The Balaban J connectivity index is 0.000000301. The fourth-order valence-corrected chi connectivity index (χ4v) is 17.4. The predicted molar refractivity (Wildman–Crippen MR) is 604 cm³/mol. The van der Waals surface area contributed by atoms with E-state index < -0.39 is 27.3 Å². The van der Waals surface area contributed by atoms with E-state index in [9.17, 15) is 33.1 Å². The van der Waals surface area contributed by atoms with Crippen LogP contribution in [0.25, 0.3) is 0 Å². The smallest absolute Gasteiger partial charge is 0.344 e. The molecule has 0 saturated heterocycles. The molecule has 0 fully saturated rings. The van der Waals surface area contributed by atoms with Crippen molar-refractivity contribution in [1.82, 2.24) is 0 Å². The van der Waals surface area contributed by atoms with Gasteiger partial charge in [0.2, 0.25) is 25.2 Å². The number of hydrogen-bond donors (Lipinski definition) is 6. The molecule has 12 aromatic rings. The van der Waals surface area contributed by atoms with Gasteiger partial charge in [0.05, 0.1) is 45.6 Å². The van der Waals surface area contributed by atoms with Crippen molar-refractivity contribution in [2.24, 2.45) is 17.3 Å². The van der Waals surface area contributed by atoms with Crippen molar-refractivity contribution in [2.45, 2.75) is 329 Å².